The molecule has 130 valence electrons. The number of aliphatic imine (C=N–C) groups is 1. The zero-order chi connectivity index (χ0) is 16.3. The largest absolute Gasteiger partial charge is 0.370 e. The third-order valence-electron chi connectivity index (χ3n) is 3.21. The maximum atomic E-state index is 11.7. The molecule has 0 aliphatic rings. The summed E-state index contributed by atoms with van der Waals surface area (Å²) in [6, 6.07) is 13.9. The van der Waals surface area contributed by atoms with E-state index in [4.69, 9.17) is 5.73 Å². The normalized spacial score (nSPS) is 10.8. The summed E-state index contributed by atoms with van der Waals surface area (Å²) in [7, 11) is 0. The number of guanidine groups is 1. The summed E-state index contributed by atoms with van der Waals surface area (Å²) >= 11 is 1.44. The highest BCUT2D eigenvalue weighted by atomic mass is 127. The fourth-order valence-electron chi connectivity index (χ4n) is 2.01. The van der Waals surface area contributed by atoms with Gasteiger partial charge in [0.15, 0.2) is 5.96 Å². The van der Waals surface area contributed by atoms with Crippen molar-refractivity contribution < 1.29 is 4.79 Å². The van der Waals surface area contributed by atoms with E-state index < -0.39 is 0 Å². The van der Waals surface area contributed by atoms with E-state index in [1.807, 2.05) is 35.7 Å². The molecule has 0 bridgehead atoms. The van der Waals surface area contributed by atoms with Crippen molar-refractivity contribution in [2.45, 2.75) is 12.8 Å². The molecule has 1 heterocycles. The molecule has 0 unspecified atom stereocenters. The van der Waals surface area contributed by atoms with Crippen LogP contribution >= 0.6 is 35.3 Å². The predicted molar refractivity (Wildman–Crippen MR) is 111 cm³/mol. The van der Waals surface area contributed by atoms with Crippen LogP contribution in [0.3, 0.4) is 0 Å². The Bertz CT molecular complexity index is 617. The number of amides is 1. The molecule has 1 amide bonds. The molecule has 2 aromatic rings. The molecule has 5 nitrogen and oxygen atoms in total. The number of nitrogens with two attached hydrogens (primary N) is 1. The Morgan fingerprint density at radius 1 is 1.08 bits per heavy atom. The van der Waals surface area contributed by atoms with Gasteiger partial charge in [-0.2, -0.15) is 0 Å². The van der Waals surface area contributed by atoms with Gasteiger partial charge in [-0.3, -0.25) is 9.79 Å². The Morgan fingerprint density at radius 3 is 2.58 bits per heavy atom. The first-order valence-electron chi connectivity index (χ1n) is 7.65. The van der Waals surface area contributed by atoms with Crippen LogP contribution in [0, 0.1) is 0 Å². The van der Waals surface area contributed by atoms with E-state index in [-0.39, 0.29) is 29.9 Å². The average molecular weight is 458 g/mol. The smallest absolute Gasteiger partial charge is 0.261 e. The van der Waals surface area contributed by atoms with Crippen LogP contribution in [-0.4, -0.2) is 31.5 Å². The van der Waals surface area contributed by atoms with Crippen LogP contribution in [0.1, 0.15) is 21.7 Å². The van der Waals surface area contributed by atoms with Gasteiger partial charge in [0.2, 0.25) is 0 Å². The number of nitrogens with one attached hydrogen (secondary N) is 2. The Kier molecular flexibility index (Phi) is 10.1. The molecule has 7 heteroatoms. The molecule has 0 saturated heterocycles. The Labute approximate surface area is 163 Å². The fraction of sp³-hybridized carbons (Fsp3) is 0.294. The molecule has 2 rings (SSSR count). The molecule has 0 atom stereocenters. The number of halogens is 1. The monoisotopic (exact) mass is 458 g/mol. The van der Waals surface area contributed by atoms with Gasteiger partial charge in [0.25, 0.3) is 5.91 Å². The lowest BCUT2D eigenvalue weighted by Gasteiger charge is -2.06. The van der Waals surface area contributed by atoms with Crippen LogP contribution in [0.25, 0.3) is 0 Å². The van der Waals surface area contributed by atoms with E-state index in [0.29, 0.717) is 19.0 Å². The van der Waals surface area contributed by atoms with Gasteiger partial charge >= 0.3 is 0 Å². The van der Waals surface area contributed by atoms with Crippen LogP contribution in [-0.2, 0) is 6.42 Å². The first kappa shape index (κ1) is 20.4. The van der Waals surface area contributed by atoms with Crippen LogP contribution < -0.4 is 16.4 Å². The lowest BCUT2D eigenvalue weighted by atomic mass is 10.1. The van der Waals surface area contributed by atoms with Crippen LogP contribution in [0.5, 0.6) is 0 Å². The third-order valence-corrected chi connectivity index (χ3v) is 4.08. The van der Waals surface area contributed by atoms with E-state index in [9.17, 15) is 4.79 Å². The zero-order valence-electron chi connectivity index (χ0n) is 13.4. The minimum atomic E-state index is -0.0297. The van der Waals surface area contributed by atoms with Gasteiger partial charge in [-0.05, 0) is 29.9 Å². The second-order valence-electron chi connectivity index (χ2n) is 5.02. The SMILES string of the molecule is I.NC(=NCCCNC(=O)c1cccs1)NCCc1ccccc1. The zero-order valence-corrected chi connectivity index (χ0v) is 16.6. The van der Waals surface area contributed by atoms with Crippen molar-refractivity contribution in [1.82, 2.24) is 10.6 Å². The quantitative estimate of drug-likeness (QED) is 0.246. The summed E-state index contributed by atoms with van der Waals surface area (Å²) in [5, 5.41) is 7.85. The van der Waals surface area contributed by atoms with Gasteiger partial charge in [-0.25, -0.2) is 0 Å². The summed E-state index contributed by atoms with van der Waals surface area (Å²) in [5.74, 6) is 0.420. The van der Waals surface area contributed by atoms with E-state index in [0.717, 1.165) is 24.3 Å². The lowest BCUT2D eigenvalue weighted by Crippen LogP contribution is -2.33. The molecule has 1 aromatic carbocycles. The van der Waals surface area contributed by atoms with Crippen LogP contribution in [0.4, 0.5) is 0 Å². The van der Waals surface area contributed by atoms with Gasteiger partial charge in [-0.15, -0.1) is 35.3 Å². The molecule has 0 spiro atoms. The average Bonchev–Trinajstić information content (AvgIpc) is 3.10. The molecular formula is C17H23IN4OS. The minimum absolute atomic E-state index is 0. The summed E-state index contributed by atoms with van der Waals surface area (Å²) < 4.78 is 0. The number of nitrogens with zero attached hydrogens (tertiary/aromatic N) is 1. The summed E-state index contributed by atoms with van der Waals surface area (Å²) in [5.41, 5.74) is 7.08. The van der Waals surface area contributed by atoms with Crippen molar-refractivity contribution >= 4 is 47.2 Å². The third kappa shape index (κ3) is 7.78. The van der Waals surface area contributed by atoms with Crippen molar-refractivity contribution in [2.75, 3.05) is 19.6 Å². The summed E-state index contributed by atoms with van der Waals surface area (Å²) in [6.45, 7) is 1.95. The van der Waals surface area contributed by atoms with Crippen molar-refractivity contribution in [3.8, 4) is 0 Å². The standard InChI is InChI=1S/C17H22N4OS.HI/c18-17(21-12-9-14-6-2-1-3-7-14)20-11-5-10-19-16(22)15-8-4-13-23-15;/h1-4,6-8,13H,5,9-12H2,(H,19,22)(H3,18,20,21);1H. The molecule has 0 aliphatic carbocycles. The first-order valence-corrected chi connectivity index (χ1v) is 8.53. The summed E-state index contributed by atoms with van der Waals surface area (Å²) in [4.78, 5) is 16.7. The van der Waals surface area contributed by atoms with E-state index in [1.165, 1.54) is 16.9 Å². The van der Waals surface area contributed by atoms with Crippen LogP contribution in [0.2, 0.25) is 0 Å². The molecule has 0 fully saturated rings. The van der Waals surface area contributed by atoms with E-state index in [2.05, 4.69) is 27.8 Å². The van der Waals surface area contributed by atoms with Crippen molar-refractivity contribution in [2.24, 2.45) is 10.7 Å². The molecule has 0 aliphatic heterocycles. The number of hydrogen-bond acceptors (Lipinski definition) is 3. The Hall–Kier alpha value is -1.61. The second kappa shape index (κ2) is 11.9. The van der Waals surface area contributed by atoms with Gasteiger partial charge in [0.05, 0.1) is 4.88 Å². The van der Waals surface area contributed by atoms with Crippen molar-refractivity contribution in [1.29, 1.82) is 0 Å². The van der Waals surface area contributed by atoms with Gasteiger partial charge in [-0.1, -0.05) is 36.4 Å². The van der Waals surface area contributed by atoms with E-state index in [1.54, 1.807) is 0 Å². The minimum Gasteiger partial charge on any atom is -0.370 e. The second-order valence-corrected chi connectivity index (χ2v) is 5.96. The predicted octanol–water partition coefficient (Wildman–Crippen LogP) is 2.63. The number of carbonyl (C=O) groups is 1. The topological polar surface area (TPSA) is 79.5 Å². The molecule has 1 aromatic heterocycles. The molecule has 24 heavy (non-hydrogen) atoms. The lowest BCUT2D eigenvalue weighted by molar-refractivity contribution is 0.0957. The molecule has 0 radical (unpaired) electrons. The highest BCUT2D eigenvalue weighted by Crippen LogP contribution is 2.07. The molecular weight excluding hydrogens is 435 g/mol. The van der Waals surface area contributed by atoms with Gasteiger partial charge in [0.1, 0.15) is 0 Å². The number of rotatable bonds is 8. The number of carbonyl (C=O) groups excluding carboxylic acids is 1. The van der Waals surface area contributed by atoms with Gasteiger partial charge < -0.3 is 16.4 Å². The maximum absolute atomic E-state index is 11.7. The maximum Gasteiger partial charge on any atom is 0.261 e. The highest BCUT2D eigenvalue weighted by molar-refractivity contribution is 14.0. The van der Waals surface area contributed by atoms with E-state index >= 15 is 0 Å². The fourth-order valence-corrected chi connectivity index (χ4v) is 2.65. The first-order chi connectivity index (χ1) is 11.3. The van der Waals surface area contributed by atoms with Crippen molar-refractivity contribution in [3.05, 3.63) is 58.3 Å². The van der Waals surface area contributed by atoms with Crippen molar-refractivity contribution in [3.63, 3.8) is 0 Å². The summed E-state index contributed by atoms with van der Waals surface area (Å²) in [6.07, 6.45) is 1.67. The van der Waals surface area contributed by atoms with Crippen LogP contribution in [0.15, 0.2) is 52.8 Å². The number of thiophene rings is 1. The Morgan fingerprint density at radius 2 is 1.88 bits per heavy atom. The van der Waals surface area contributed by atoms with Gasteiger partial charge in [0, 0.05) is 19.6 Å². The Balaban J connectivity index is 0.00000288. The number of benzene rings is 1. The molecule has 0 saturated carbocycles. The highest BCUT2D eigenvalue weighted by Gasteiger charge is 2.04. The molecule has 4 N–H and O–H groups in total. The number of hydrogen-bond donors (Lipinski definition) is 3.